The van der Waals surface area contributed by atoms with E-state index in [1.807, 2.05) is 91.0 Å². The van der Waals surface area contributed by atoms with E-state index in [1.54, 1.807) is 19.3 Å². The zero-order valence-electron chi connectivity index (χ0n) is 29.3. The first kappa shape index (κ1) is 39.9. The second kappa shape index (κ2) is 20.8. The van der Waals surface area contributed by atoms with Crippen LogP contribution in [0.1, 0.15) is 16.7 Å². The van der Waals surface area contributed by atoms with Crippen LogP contribution in [0, 0.1) is 0 Å². The van der Waals surface area contributed by atoms with Crippen molar-refractivity contribution in [1.29, 1.82) is 0 Å². The minimum atomic E-state index is -1.52. The van der Waals surface area contributed by atoms with Crippen molar-refractivity contribution in [2.24, 2.45) is 0 Å². The molecule has 10 atom stereocenters. The van der Waals surface area contributed by atoms with Gasteiger partial charge in [0.1, 0.15) is 48.8 Å². The maximum absolute atomic E-state index is 10.2. The molecule has 0 aliphatic carbocycles. The molecule has 0 bridgehead atoms. The first-order chi connectivity index (χ1) is 25.4. The van der Waals surface area contributed by atoms with Gasteiger partial charge in [-0.05, 0) is 22.3 Å². The summed E-state index contributed by atoms with van der Waals surface area (Å²) >= 11 is 0. The van der Waals surface area contributed by atoms with Crippen LogP contribution in [0.5, 0.6) is 0 Å². The monoisotopic (exact) mass is 722 g/mol. The minimum absolute atomic E-state index is 0.00314. The van der Waals surface area contributed by atoms with Crippen molar-refractivity contribution in [3.63, 3.8) is 0 Å². The van der Waals surface area contributed by atoms with Crippen molar-refractivity contribution in [2.75, 3.05) is 33.5 Å². The lowest BCUT2D eigenvalue weighted by Crippen LogP contribution is -2.61. The molecule has 2 heterocycles. The van der Waals surface area contributed by atoms with E-state index >= 15 is 0 Å². The molecule has 12 nitrogen and oxygen atoms in total. The summed E-state index contributed by atoms with van der Waals surface area (Å²) in [5.74, 6) is 0. The molecular formula is C40H50O12. The van der Waals surface area contributed by atoms with E-state index in [2.05, 4.69) is 6.58 Å². The van der Waals surface area contributed by atoms with Gasteiger partial charge in [-0.2, -0.15) is 0 Å². The van der Waals surface area contributed by atoms with Crippen LogP contribution in [0.3, 0.4) is 0 Å². The second-order valence-corrected chi connectivity index (χ2v) is 12.7. The van der Waals surface area contributed by atoms with Gasteiger partial charge in [0.25, 0.3) is 0 Å². The highest BCUT2D eigenvalue weighted by Gasteiger charge is 2.49. The predicted molar refractivity (Wildman–Crippen MR) is 190 cm³/mol. The van der Waals surface area contributed by atoms with Crippen LogP contribution in [0.15, 0.2) is 115 Å². The van der Waals surface area contributed by atoms with Crippen LogP contribution in [-0.2, 0) is 57.7 Å². The predicted octanol–water partition coefficient (Wildman–Crippen LogP) is 3.06. The molecule has 282 valence electrons. The van der Waals surface area contributed by atoms with E-state index < -0.39 is 68.0 Å². The maximum atomic E-state index is 10.2. The largest absolute Gasteiger partial charge is 0.394 e. The Morgan fingerprint density at radius 2 is 1.17 bits per heavy atom. The topological polar surface area (TPSA) is 155 Å². The lowest BCUT2D eigenvalue weighted by atomic mass is 9.97. The Bertz CT molecular complexity index is 1470. The molecule has 4 N–H and O–H groups in total. The van der Waals surface area contributed by atoms with E-state index in [9.17, 15) is 20.4 Å². The Kier molecular flexibility index (Phi) is 15.9. The molecule has 5 rings (SSSR count). The van der Waals surface area contributed by atoms with E-state index in [0.29, 0.717) is 25.4 Å². The fourth-order valence-corrected chi connectivity index (χ4v) is 5.99. The van der Waals surface area contributed by atoms with Crippen molar-refractivity contribution < 1.29 is 58.3 Å². The molecule has 52 heavy (non-hydrogen) atoms. The number of methoxy groups -OCH3 is 1. The zero-order valence-corrected chi connectivity index (χ0v) is 29.3. The summed E-state index contributed by atoms with van der Waals surface area (Å²) in [5.41, 5.74) is 3.61. The average molecular weight is 723 g/mol. The van der Waals surface area contributed by atoms with Gasteiger partial charge in [-0.15, -0.1) is 0 Å². The second-order valence-electron chi connectivity index (χ2n) is 12.7. The summed E-state index contributed by atoms with van der Waals surface area (Å²) in [6.07, 6.45) is -6.59. The van der Waals surface area contributed by atoms with E-state index in [-0.39, 0.29) is 19.8 Å². The number of rotatable bonds is 19. The molecule has 3 aromatic carbocycles. The number of benzene rings is 3. The number of ether oxygens (including phenoxy) is 8. The van der Waals surface area contributed by atoms with Crippen LogP contribution in [-0.4, -0.2) is 115 Å². The first-order valence-electron chi connectivity index (χ1n) is 17.4. The van der Waals surface area contributed by atoms with Gasteiger partial charge in [0.15, 0.2) is 12.6 Å². The summed E-state index contributed by atoms with van der Waals surface area (Å²) in [6, 6.07) is 29.6. The molecule has 2 aliphatic rings. The Labute approximate surface area is 304 Å². The Hall–Kier alpha value is -3.34. The van der Waals surface area contributed by atoms with E-state index in [4.69, 9.17) is 37.9 Å². The molecule has 12 heteroatoms. The molecule has 0 unspecified atom stereocenters. The van der Waals surface area contributed by atoms with Crippen LogP contribution >= 0.6 is 0 Å². The number of aliphatic hydroxyl groups is 4. The van der Waals surface area contributed by atoms with Crippen LogP contribution in [0.2, 0.25) is 0 Å². The molecular weight excluding hydrogens is 672 g/mol. The zero-order chi connectivity index (χ0) is 36.7. The van der Waals surface area contributed by atoms with Gasteiger partial charge >= 0.3 is 0 Å². The van der Waals surface area contributed by atoms with Crippen molar-refractivity contribution >= 4 is 0 Å². The Balaban J connectivity index is 1.24. The first-order valence-corrected chi connectivity index (χ1v) is 17.4. The van der Waals surface area contributed by atoms with Crippen molar-refractivity contribution in [2.45, 2.75) is 81.2 Å². The Morgan fingerprint density at radius 1 is 0.654 bits per heavy atom. The van der Waals surface area contributed by atoms with Crippen molar-refractivity contribution in [3.05, 3.63) is 132 Å². The highest BCUT2D eigenvalue weighted by atomic mass is 16.7. The van der Waals surface area contributed by atoms with Crippen molar-refractivity contribution in [3.8, 4) is 0 Å². The third-order valence-electron chi connectivity index (χ3n) is 8.81. The molecule has 2 fully saturated rings. The highest BCUT2D eigenvalue weighted by molar-refractivity contribution is 5.17. The Morgan fingerprint density at radius 3 is 1.71 bits per heavy atom. The van der Waals surface area contributed by atoms with Gasteiger partial charge in [0, 0.05) is 7.11 Å². The van der Waals surface area contributed by atoms with Gasteiger partial charge in [-0.25, -0.2) is 0 Å². The fraction of sp³-hybridized carbons (Fsp3) is 0.450. The summed E-state index contributed by atoms with van der Waals surface area (Å²) < 4.78 is 49.0. The molecule has 0 spiro atoms. The number of aliphatic hydroxyl groups excluding tert-OH is 4. The molecule has 2 saturated heterocycles. The summed E-state index contributed by atoms with van der Waals surface area (Å²) in [4.78, 5) is 0. The average Bonchev–Trinajstić information content (AvgIpc) is 3.18. The maximum Gasteiger partial charge on any atom is 0.187 e. The van der Waals surface area contributed by atoms with Gasteiger partial charge in [0.05, 0.1) is 46.2 Å². The minimum Gasteiger partial charge on any atom is -0.394 e. The molecule has 3 aromatic rings. The van der Waals surface area contributed by atoms with Gasteiger partial charge < -0.3 is 58.3 Å². The summed E-state index contributed by atoms with van der Waals surface area (Å²) in [5, 5.41) is 39.5. The fourth-order valence-electron chi connectivity index (χ4n) is 5.99. The smallest absolute Gasteiger partial charge is 0.187 e. The summed E-state index contributed by atoms with van der Waals surface area (Å²) in [7, 11) is 1.57. The number of hydrogen-bond donors (Lipinski definition) is 4. The molecule has 2 aliphatic heterocycles. The third kappa shape index (κ3) is 11.3. The normalized spacial score (nSPS) is 29.3. The van der Waals surface area contributed by atoms with Crippen molar-refractivity contribution in [1.82, 2.24) is 0 Å². The van der Waals surface area contributed by atoms with Crippen LogP contribution < -0.4 is 0 Å². The quantitative estimate of drug-likeness (QED) is 0.135. The molecule has 0 saturated carbocycles. The highest BCUT2D eigenvalue weighted by Crippen LogP contribution is 2.31. The van der Waals surface area contributed by atoms with Crippen LogP contribution in [0.4, 0.5) is 0 Å². The van der Waals surface area contributed by atoms with Gasteiger partial charge in [-0.1, -0.05) is 110 Å². The molecule has 0 radical (unpaired) electrons. The number of hydrogen-bond acceptors (Lipinski definition) is 12. The molecule has 0 aromatic heterocycles. The SMILES string of the molecule is C=C(/C=C/CO[C@@H]1O[C@H](CO)[C@H](O)[C@H](O)[C@H]1O)COC[C@H]1O[C@@H](OC)[C@H](OCc2ccccc2)[C@@H](OCc2ccccc2)[C@@H]1OCc1ccccc1. The lowest BCUT2D eigenvalue weighted by Gasteiger charge is -2.45. The van der Waals surface area contributed by atoms with E-state index in [1.165, 1.54) is 0 Å². The summed E-state index contributed by atoms with van der Waals surface area (Å²) in [6.45, 7) is 4.75. The third-order valence-corrected chi connectivity index (χ3v) is 8.81. The standard InChI is InChI=1S/C40H50O12/c1-27(13-12-20-47-39-35(44)34(43)33(42)31(21-41)51-39)22-46-26-32-36(48-23-28-14-6-3-7-15-28)37(49-24-29-16-8-4-9-17-29)38(40(45-2)52-32)50-25-30-18-10-5-11-19-30/h3-19,31-44H,1,20-26H2,2H3/b13-12+/t31-,32-,33+,34+,35-,36-,37+,38-,39-,40-/m1/s1. The van der Waals surface area contributed by atoms with Gasteiger partial charge in [-0.3, -0.25) is 0 Å². The van der Waals surface area contributed by atoms with Crippen LogP contribution in [0.25, 0.3) is 0 Å². The van der Waals surface area contributed by atoms with E-state index in [0.717, 1.165) is 16.7 Å². The lowest BCUT2D eigenvalue weighted by molar-refractivity contribution is -0.322. The van der Waals surface area contributed by atoms with Gasteiger partial charge in [0.2, 0.25) is 0 Å². The molecule has 0 amide bonds.